The Balaban J connectivity index is 1.78. The zero-order chi connectivity index (χ0) is 23.7. The highest BCUT2D eigenvalue weighted by molar-refractivity contribution is 7.99. The van der Waals surface area contributed by atoms with Crippen molar-refractivity contribution in [2.75, 3.05) is 12.9 Å². The third-order valence-electron chi connectivity index (χ3n) is 5.47. The molecule has 0 aliphatic rings. The van der Waals surface area contributed by atoms with E-state index in [1.54, 1.807) is 44.2 Å². The molecule has 0 bridgehead atoms. The lowest BCUT2D eigenvalue weighted by molar-refractivity contribution is 0.101. The molecule has 33 heavy (non-hydrogen) atoms. The third kappa shape index (κ3) is 4.09. The molecule has 168 valence electrons. The van der Waals surface area contributed by atoms with E-state index in [0.29, 0.717) is 50.0 Å². The van der Waals surface area contributed by atoms with Gasteiger partial charge in [-0.2, -0.15) is 0 Å². The van der Waals surface area contributed by atoms with Crippen molar-refractivity contribution >= 4 is 34.2 Å². The number of aryl methyl sites for hydroxylation is 1. The van der Waals surface area contributed by atoms with E-state index in [-0.39, 0.29) is 22.9 Å². The van der Waals surface area contributed by atoms with Crippen LogP contribution in [0.25, 0.3) is 16.6 Å². The van der Waals surface area contributed by atoms with Crippen molar-refractivity contribution in [3.63, 3.8) is 0 Å². The highest BCUT2D eigenvalue weighted by Crippen LogP contribution is 2.28. The second kappa shape index (κ2) is 9.07. The van der Waals surface area contributed by atoms with Crippen molar-refractivity contribution in [2.45, 2.75) is 25.9 Å². The van der Waals surface area contributed by atoms with Crippen molar-refractivity contribution in [1.82, 2.24) is 14.5 Å². The van der Waals surface area contributed by atoms with Crippen molar-refractivity contribution in [3.8, 4) is 11.4 Å². The van der Waals surface area contributed by atoms with E-state index < -0.39 is 0 Å². The van der Waals surface area contributed by atoms with Gasteiger partial charge in [0, 0.05) is 11.3 Å². The number of carbonyl (C=O) groups excluding carboxylic acids is 2. The van der Waals surface area contributed by atoms with Crippen molar-refractivity contribution in [2.24, 2.45) is 0 Å². The summed E-state index contributed by atoms with van der Waals surface area (Å²) < 4.78 is 6.95. The Morgan fingerprint density at radius 1 is 1.09 bits per heavy atom. The lowest BCUT2D eigenvalue weighted by atomic mass is 10.1. The summed E-state index contributed by atoms with van der Waals surface area (Å²) in [6.45, 7) is 5.02. The number of hydrogen-bond donors (Lipinski definition) is 1. The molecule has 7 nitrogen and oxygen atoms in total. The second-order valence-electron chi connectivity index (χ2n) is 7.62. The minimum absolute atomic E-state index is 0.0397. The Morgan fingerprint density at radius 3 is 2.48 bits per heavy atom. The maximum absolute atomic E-state index is 13.4. The molecule has 0 saturated heterocycles. The highest BCUT2D eigenvalue weighted by Gasteiger charge is 2.22. The number of nitrogens with zero attached hydrogens (tertiary/aromatic N) is 2. The van der Waals surface area contributed by atoms with Crippen LogP contribution in [0.15, 0.2) is 58.5 Å². The molecule has 0 atom stereocenters. The number of benzene rings is 2. The molecule has 2 aromatic heterocycles. The van der Waals surface area contributed by atoms with Crippen molar-refractivity contribution < 1.29 is 14.3 Å². The molecule has 0 saturated carbocycles. The number of aromatic nitrogens is 3. The summed E-state index contributed by atoms with van der Waals surface area (Å²) >= 11 is 1.17. The average Bonchev–Trinajstić information content (AvgIpc) is 3.11. The second-order valence-corrected chi connectivity index (χ2v) is 8.56. The monoisotopic (exact) mass is 461 g/mol. The number of para-hydroxylation sites is 3. The maximum Gasteiger partial charge on any atom is 0.266 e. The molecule has 0 aliphatic heterocycles. The number of Topliss-reactive ketones (excluding diaryl/α,β-unsaturated/α-hetero) is 2. The predicted octanol–water partition coefficient (Wildman–Crippen LogP) is 4.52. The molecule has 0 amide bonds. The van der Waals surface area contributed by atoms with E-state index in [9.17, 15) is 14.4 Å². The summed E-state index contributed by atoms with van der Waals surface area (Å²) in [7, 11) is 1.54. The van der Waals surface area contributed by atoms with Gasteiger partial charge >= 0.3 is 0 Å². The SMILES string of the molecule is COc1ccccc1-n1c(SCC(=O)c2[nH]c(C)c(C(C)=O)c2C)nc2ccccc2c1=O. The number of ketones is 2. The van der Waals surface area contributed by atoms with E-state index in [2.05, 4.69) is 9.97 Å². The summed E-state index contributed by atoms with van der Waals surface area (Å²) in [6.07, 6.45) is 0. The fraction of sp³-hybridized carbons (Fsp3) is 0.200. The minimum Gasteiger partial charge on any atom is -0.495 e. The van der Waals surface area contributed by atoms with Gasteiger partial charge in [-0.25, -0.2) is 4.98 Å². The van der Waals surface area contributed by atoms with Crippen molar-refractivity contribution in [3.05, 3.63) is 81.4 Å². The fourth-order valence-corrected chi connectivity index (χ4v) is 4.87. The summed E-state index contributed by atoms with van der Waals surface area (Å²) in [4.78, 5) is 46.1. The molecule has 0 unspecified atom stereocenters. The minimum atomic E-state index is -0.245. The van der Waals surface area contributed by atoms with Gasteiger partial charge in [-0.05, 0) is 50.6 Å². The van der Waals surface area contributed by atoms with E-state index in [4.69, 9.17) is 4.74 Å². The van der Waals surface area contributed by atoms with Crippen LogP contribution in [-0.4, -0.2) is 39.0 Å². The molecule has 0 fully saturated rings. The molecule has 0 aliphatic carbocycles. The molecule has 8 heteroatoms. The Bertz CT molecular complexity index is 1450. The lowest BCUT2D eigenvalue weighted by Gasteiger charge is -2.15. The quantitative estimate of drug-likeness (QED) is 0.247. The van der Waals surface area contributed by atoms with Crippen LogP contribution in [0.1, 0.15) is 39.0 Å². The summed E-state index contributed by atoms with van der Waals surface area (Å²) in [6, 6.07) is 14.3. The topological polar surface area (TPSA) is 94.1 Å². The molecule has 0 radical (unpaired) electrons. The van der Waals surface area contributed by atoms with Gasteiger partial charge in [0.2, 0.25) is 0 Å². The Labute approximate surface area is 194 Å². The van der Waals surface area contributed by atoms with Crippen LogP contribution in [0.2, 0.25) is 0 Å². The number of aromatic amines is 1. The standard InChI is InChI=1S/C25H23N3O4S/c1-14-22(16(3)29)15(2)26-23(14)20(30)13-33-25-27-18-10-6-5-9-17(18)24(31)28(25)19-11-7-8-12-21(19)32-4/h5-12,26H,13H2,1-4H3. The number of carbonyl (C=O) groups is 2. The van der Waals surface area contributed by atoms with E-state index >= 15 is 0 Å². The number of ether oxygens (including phenoxy) is 1. The van der Waals surface area contributed by atoms with Gasteiger partial charge in [0.1, 0.15) is 5.75 Å². The average molecular weight is 462 g/mol. The Morgan fingerprint density at radius 2 is 1.79 bits per heavy atom. The first-order valence-electron chi connectivity index (χ1n) is 10.3. The lowest BCUT2D eigenvalue weighted by Crippen LogP contribution is -2.22. The molecule has 2 heterocycles. The summed E-state index contributed by atoms with van der Waals surface area (Å²) in [5.41, 5.74) is 3.10. The van der Waals surface area contributed by atoms with Gasteiger partial charge < -0.3 is 9.72 Å². The molecular formula is C25H23N3O4S. The van der Waals surface area contributed by atoms with Crippen LogP contribution < -0.4 is 10.3 Å². The molecule has 1 N–H and O–H groups in total. The zero-order valence-electron chi connectivity index (χ0n) is 18.8. The van der Waals surface area contributed by atoms with Crippen LogP contribution in [-0.2, 0) is 0 Å². The zero-order valence-corrected chi connectivity index (χ0v) is 19.6. The van der Waals surface area contributed by atoms with Gasteiger partial charge in [-0.15, -0.1) is 0 Å². The first-order valence-corrected chi connectivity index (χ1v) is 11.3. The number of fused-ring (bicyclic) bond motifs is 1. The van der Waals surface area contributed by atoms with Crippen LogP contribution >= 0.6 is 11.8 Å². The van der Waals surface area contributed by atoms with Crippen LogP contribution in [0.5, 0.6) is 5.75 Å². The van der Waals surface area contributed by atoms with Crippen LogP contribution in [0.4, 0.5) is 0 Å². The number of thioether (sulfide) groups is 1. The van der Waals surface area contributed by atoms with Gasteiger partial charge in [0.25, 0.3) is 5.56 Å². The Hall–Kier alpha value is -3.65. The van der Waals surface area contributed by atoms with Gasteiger partial charge in [-0.1, -0.05) is 36.0 Å². The Kier molecular flexibility index (Phi) is 6.20. The smallest absolute Gasteiger partial charge is 0.266 e. The van der Waals surface area contributed by atoms with Crippen LogP contribution in [0, 0.1) is 13.8 Å². The van der Waals surface area contributed by atoms with E-state index in [0.717, 1.165) is 0 Å². The fourth-order valence-electron chi connectivity index (χ4n) is 4.00. The van der Waals surface area contributed by atoms with Gasteiger partial charge in [0.15, 0.2) is 16.7 Å². The van der Waals surface area contributed by atoms with Gasteiger partial charge in [-0.3, -0.25) is 19.0 Å². The largest absolute Gasteiger partial charge is 0.495 e. The summed E-state index contributed by atoms with van der Waals surface area (Å²) in [5.74, 6) is 0.293. The third-order valence-corrected chi connectivity index (χ3v) is 6.41. The first kappa shape index (κ1) is 22.5. The number of hydrogen-bond acceptors (Lipinski definition) is 6. The van der Waals surface area contributed by atoms with Crippen molar-refractivity contribution in [1.29, 1.82) is 0 Å². The highest BCUT2D eigenvalue weighted by atomic mass is 32.2. The molecule has 4 rings (SSSR count). The first-order chi connectivity index (χ1) is 15.8. The summed E-state index contributed by atoms with van der Waals surface area (Å²) in [5, 5.41) is 0.852. The normalized spacial score (nSPS) is 11.0. The number of nitrogens with one attached hydrogen (secondary N) is 1. The maximum atomic E-state index is 13.4. The van der Waals surface area contributed by atoms with E-state index in [1.165, 1.54) is 30.4 Å². The van der Waals surface area contributed by atoms with E-state index in [1.807, 2.05) is 18.2 Å². The van der Waals surface area contributed by atoms with Gasteiger partial charge in [0.05, 0.1) is 35.1 Å². The molecule has 4 aromatic rings. The molecular weight excluding hydrogens is 438 g/mol. The van der Waals surface area contributed by atoms with Crippen LogP contribution in [0.3, 0.4) is 0 Å². The predicted molar refractivity (Wildman–Crippen MR) is 129 cm³/mol. The number of H-pyrrole nitrogens is 1. The molecule has 2 aromatic carbocycles. The number of rotatable bonds is 7. The number of methoxy groups -OCH3 is 1. The molecule has 0 spiro atoms.